The molecule has 0 spiro atoms. The molecular formula is C16H27N5. The van der Waals surface area contributed by atoms with E-state index in [4.69, 9.17) is 0 Å². The minimum Gasteiger partial charge on any atom is -0.372 e. The van der Waals surface area contributed by atoms with Gasteiger partial charge in [-0.1, -0.05) is 40.0 Å². The van der Waals surface area contributed by atoms with Crippen LogP contribution in [0.4, 0.5) is 11.6 Å². The Morgan fingerprint density at radius 2 is 2.10 bits per heavy atom. The van der Waals surface area contributed by atoms with E-state index < -0.39 is 0 Å². The zero-order valence-electron chi connectivity index (χ0n) is 13.6. The molecule has 0 atom stereocenters. The molecule has 0 aliphatic heterocycles. The number of hydrogen-bond donors (Lipinski definition) is 2. The Labute approximate surface area is 127 Å². The first-order valence-corrected chi connectivity index (χ1v) is 7.81. The number of nitrogens with zero attached hydrogens (tertiary/aromatic N) is 3. The molecule has 0 saturated heterocycles. The molecule has 0 aromatic carbocycles. The number of nitrogens with one attached hydrogen (secondary N) is 2. The molecule has 0 aliphatic rings. The Morgan fingerprint density at radius 3 is 2.81 bits per heavy atom. The van der Waals surface area contributed by atoms with Crippen LogP contribution in [0.15, 0.2) is 18.6 Å². The van der Waals surface area contributed by atoms with E-state index in [9.17, 15) is 0 Å². The van der Waals surface area contributed by atoms with Crippen molar-refractivity contribution in [1.29, 1.82) is 0 Å². The first-order chi connectivity index (χ1) is 10.1. The zero-order chi connectivity index (χ0) is 15.3. The lowest BCUT2D eigenvalue weighted by Gasteiger charge is -2.25. The average Bonchev–Trinajstić information content (AvgIpc) is 2.93. The topological polar surface area (TPSA) is 54.2 Å². The molecule has 5 heteroatoms. The van der Waals surface area contributed by atoms with Gasteiger partial charge in [0.05, 0.1) is 6.20 Å². The lowest BCUT2D eigenvalue weighted by Crippen LogP contribution is -2.24. The first kappa shape index (κ1) is 15.6. The highest BCUT2D eigenvalue weighted by molar-refractivity contribution is 5.65. The molecule has 116 valence electrons. The molecule has 0 aliphatic carbocycles. The van der Waals surface area contributed by atoms with Crippen LogP contribution in [0.5, 0.6) is 0 Å². The molecule has 0 unspecified atom stereocenters. The van der Waals surface area contributed by atoms with Gasteiger partial charge in [0.2, 0.25) is 0 Å². The van der Waals surface area contributed by atoms with Crippen LogP contribution in [0.2, 0.25) is 0 Å². The third-order valence-corrected chi connectivity index (χ3v) is 3.82. The SMILES string of the molecule is CCCCCC(C)(C)CNc1nc(NC)cn2ccnc12. The number of imidazole rings is 1. The van der Waals surface area contributed by atoms with Crippen molar-refractivity contribution in [2.24, 2.45) is 5.41 Å². The van der Waals surface area contributed by atoms with Crippen LogP contribution < -0.4 is 10.6 Å². The Morgan fingerprint density at radius 1 is 1.29 bits per heavy atom. The fourth-order valence-electron chi connectivity index (χ4n) is 2.44. The monoisotopic (exact) mass is 289 g/mol. The van der Waals surface area contributed by atoms with E-state index in [2.05, 4.69) is 41.4 Å². The maximum atomic E-state index is 4.59. The van der Waals surface area contributed by atoms with Crippen LogP contribution in [-0.4, -0.2) is 28.0 Å². The summed E-state index contributed by atoms with van der Waals surface area (Å²) in [5, 5.41) is 6.57. The molecule has 0 bridgehead atoms. The van der Waals surface area contributed by atoms with Crippen molar-refractivity contribution in [2.75, 3.05) is 24.2 Å². The number of unbranched alkanes of at least 4 members (excludes halogenated alkanes) is 2. The highest BCUT2D eigenvalue weighted by Gasteiger charge is 2.18. The lowest BCUT2D eigenvalue weighted by atomic mass is 9.87. The Kier molecular flexibility index (Phi) is 5.04. The van der Waals surface area contributed by atoms with Gasteiger partial charge in [0.15, 0.2) is 11.5 Å². The fraction of sp³-hybridized carbons (Fsp3) is 0.625. The molecule has 2 rings (SSSR count). The summed E-state index contributed by atoms with van der Waals surface area (Å²) in [5.74, 6) is 1.68. The van der Waals surface area contributed by atoms with E-state index >= 15 is 0 Å². The van der Waals surface area contributed by atoms with Gasteiger partial charge in [0.25, 0.3) is 0 Å². The lowest BCUT2D eigenvalue weighted by molar-refractivity contribution is 0.342. The summed E-state index contributed by atoms with van der Waals surface area (Å²) < 4.78 is 1.99. The van der Waals surface area contributed by atoms with E-state index in [0.717, 1.165) is 23.8 Å². The molecule has 2 aromatic heterocycles. The predicted octanol–water partition coefficient (Wildman–Crippen LogP) is 3.79. The van der Waals surface area contributed by atoms with Crippen LogP contribution in [-0.2, 0) is 0 Å². The van der Waals surface area contributed by atoms with E-state index in [0.29, 0.717) is 0 Å². The quantitative estimate of drug-likeness (QED) is 0.726. The summed E-state index contributed by atoms with van der Waals surface area (Å²) in [6.07, 6.45) is 10.8. The molecule has 21 heavy (non-hydrogen) atoms. The van der Waals surface area contributed by atoms with Crippen molar-refractivity contribution in [3.05, 3.63) is 18.6 Å². The van der Waals surface area contributed by atoms with Crippen molar-refractivity contribution >= 4 is 17.3 Å². The normalized spacial score (nSPS) is 11.8. The van der Waals surface area contributed by atoms with Gasteiger partial charge in [-0.05, 0) is 11.8 Å². The highest BCUT2D eigenvalue weighted by Crippen LogP contribution is 2.25. The summed E-state index contributed by atoms with van der Waals surface area (Å²) in [5.41, 5.74) is 1.13. The zero-order valence-corrected chi connectivity index (χ0v) is 13.6. The number of rotatable bonds is 8. The van der Waals surface area contributed by atoms with E-state index in [1.165, 1.54) is 25.7 Å². The smallest absolute Gasteiger partial charge is 0.180 e. The molecule has 0 saturated carbocycles. The van der Waals surface area contributed by atoms with Crippen LogP contribution in [0, 0.1) is 5.41 Å². The fourth-order valence-corrected chi connectivity index (χ4v) is 2.44. The van der Waals surface area contributed by atoms with Crippen LogP contribution in [0.1, 0.15) is 46.5 Å². The highest BCUT2D eigenvalue weighted by atomic mass is 15.1. The number of aromatic nitrogens is 3. The van der Waals surface area contributed by atoms with Crippen molar-refractivity contribution in [2.45, 2.75) is 46.5 Å². The molecule has 0 radical (unpaired) electrons. The minimum atomic E-state index is 0.260. The van der Waals surface area contributed by atoms with Crippen LogP contribution >= 0.6 is 0 Å². The van der Waals surface area contributed by atoms with Gasteiger partial charge in [-0.3, -0.25) is 0 Å². The third-order valence-electron chi connectivity index (χ3n) is 3.82. The molecule has 2 N–H and O–H groups in total. The van der Waals surface area contributed by atoms with Gasteiger partial charge < -0.3 is 15.0 Å². The molecule has 2 heterocycles. The molecule has 0 amide bonds. The number of anilines is 2. The summed E-state index contributed by atoms with van der Waals surface area (Å²) in [6.45, 7) is 7.76. The third kappa shape index (κ3) is 4.09. The van der Waals surface area contributed by atoms with E-state index in [1.807, 2.05) is 23.8 Å². The summed E-state index contributed by atoms with van der Waals surface area (Å²) in [4.78, 5) is 8.97. The van der Waals surface area contributed by atoms with Crippen LogP contribution in [0.25, 0.3) is 5.65 Å². The predicted molar refractivity (Wildman–Crippen MR) is 88.9 cm³/mol. The number of hydrogen-bond acceptors (Lipinski definition) is 4. The number of fused-ring (bicyclic) bond motifs is 1. The second kappa shape index (κ2) is 6.78. The second-order valence-corrected chi connectivity index (χ2v) is 6.36. The standard InChI is InChI=1S/C16H27N5/c1-5-6-7-8-16(2,3)12-19-14-15-18-9-10-21(15)11-13(17-4)20-14/h9-11,17H,5-8,12H2,1-4H3,(H,19,20). The van der Waals surface area contributed by atoms with E-state index in [1.54, 1.807) is 6.20 Å². The van der Waals surface area contributed by atoms with Gasteiger partial charge >= 0.3 is 0 Å². The molecule has 0 fully saturated rings. The average molecular weight is 289 g/mol. The van der Waals surface area contributed by atoms with E-state index in [-0.39, 0.29) is 5.41 Å². The summed E-state index contributed by atoms with van der Waals surface area (Å²) in [6, 6.07) is 0. The minimum absolute atomic E-state index is 0.260. The van der Waals surface area contributed by atoms with Crippen molar-refractivity contribution < 1.29 is 0 Å². The van der Waals surface area contributed by atoms with Gasteiger partial charge in [-0.25, -0.2) is 9.97 Å². The van der Waals surface area contributed by atoms with Gasteiger partial charge in [0.1, 0.15) is 5.82 Å². The van der Waals surface area contributed by atoms with Crippen LogP contribution in [0.3, 0.4) is 0 Å². The summed E-state index contributed by atoms with van der Waals surface area (Å²) in [7, 11) is 1.88. The second-order valence-electron chi connectivity index (χ2n) is 6.36. The maximum Gasteiger partial charge on any atom is 0.180 e. The van der Waals surface area contributed by atoms with Crippen molar-refractivity contribution in [3.8, 4) is 0 Å². The van der Waals surface area contributed by atoms with Gasteiger partial charge in [-0.15, -0.1) is 0 Å². The first-order valence-electron chi connectivity index (χ1n) is 7.81. The van der Waals surface area contributed by atoms with Gasteiger partial charge in [0, 0.05) is 26.0 Å². The molecule has 5 nitrogen and oxygen atoms in total. The largest absolute Gasteiger partial charge is 0.372 e. The van der Waals surface area contributed by atoms with Crippen molar-refractivity contribution in [3.63, 3.8) is 0 Å². The Bertz CT molecular complexity index is 573. The molecular weight excluding hydrogens is 262 g/mol. The maximum absolute atomic E-state index is 4.59. The van der Waals surface area contributed by atoms with Gasteiger partial charge in [-0.2, -0.15) is 0 Å². The Hall–Kier alpha value is -1.78. The Balaban J connectivity index is 2.07. The molecule has 2 aromatic rings. The summed E-state index contributed by atoms with van der Waals surface area (Å²) >= 11 is 0. The van der Waals surface area contributed by atoms with Crippen molar-refractivity contribution in [1.82, 2.24) is 14.4 Å².